The van der Waals surface area contributed by atoms with Crippen LogP contribution in [0.15, 0.2) is 18.2 Å². The van der Waals surface area contributed by atoms with Crippen LogP contribution >= 0.6 is 0 Å². The molecule has 2 aliphatic heterocycles. The monoisotopic (exact) mass is 403 g/mol. The molecule has 2 fully saturated rings. The highest BCUT2D eigenvalue weighted by molar-refractivity contribution is 6.00. The molecule has 29 heavy (non-hydrogen) atoms. The minimum absolute atomic E-state index is 0.0797. The van der Waals surface area contributed by atoms with Crippen molar-refractivity contribution >= 4 is 23.3 Å². The zero-order valence-electron chi connectivity index (χ0n) is 17.1. The van der Waals surface area contributed by atoms with Crippen LogP contribution in [0.5, 0.6) is 0 Å². The normalized spacial score (nSPS) is 18.6. The minimum Gasteiger partial charge on any atom is -0.466 e. The van der Waals surface area contributed by atoms with Gasteiger partial charge in [0.15, 0.2) is 0 Å². The first-order valence-electron chi connectivity index (χ1n) is 10.4. The van der Waals surface area contributed by atoms with Crippen molar-refractivity contribution in [2.45, 2.75) is 39.5 Å². The second-order valence-corrected chi connectivity index (χ2v) is 7.95. The van der Waals surface area contributed by atoms with Crippen molar-refractivity contribution in [1.82, 2.24) is 4.90 Å². The molecule has 0 radical (unpaired) electrons. The highest BCUT2D eigenvalue weighted by atomic mass is 16.6. The predicted molar refractivity (Wildman–Crippen MR) is 109 cm³/mol. The van der Waals surface area contributed by atoms with Gasteiger partial charge in [-0.1, -0.05) is 6.92 Å². The van der Waals surface area contributed by atoms with Crippen LogP contribution < -0.4 is 4.90 Å². The quantitative estimate of drug-likeness (QED) is 0.426. The Bertz CT molecular complexity index is 766. The molecule has 2 aliphatic rings. The molecule has 0 saturated carbocycles. The predicted octanol–water partition coefficient (Wildman–Crippen LogP) is 3.25. The van der Waals surface area contributed by atoms with E-state index in [1.54, 1.807) is 17.9 Å². The Balaban J connectivity index is 1.79. The average Bonchev–Trinajstić information content (AvgIpc) is 2.73. The van der Waals surface area contributed by atoms with Crippen LogP contribution in [-0.4, -0.2) is 54.5 Å². The summed E-state index contributed by atoms with van der Waals surface area (Å²) in [7, 11) is 0. The number of nitrogens with zero attached hydrogens (tertiary/aromatic N) is 3. The smallest absolute Gasteiger partial charge is 0.309 e. The molecule has 158 valence electrons. The van der Waals surface area contributed by atoms with Crippen LogP contribution in [0.4, 0.5) is 11.4 Å². The van der Waals surface area contributed by atoms with Gasteiger partial charge in [0.1, 0.15) is 0 Å². The zero-order chi connectivity index (χ0) is 21.0. The first-order chi connectivity index (χ1) is 13.9. The molecule has 0 unspecified atom stereocenters. The number of nitro benzene ring substituents is 1. The number of nitro groups is 1. The Morgan fingerprint density at radius 3 is 2.38 bits per heavy atom. The summed E-state index contributed by atoms with van der Waals surface area (Å²) in [5.41, 5.74) is 1.06. The number of esters is 1. The topological polar surface area (TPSA) is 93.0 Å². The van der Waals surface area contributed by atoms with Gasteiger partial charge in [0.05, 0.1) is 28.7 Å². The number of ether oxygens (including phenoxy) is 1. The number of non-ortho nitro benzene ring substituents is 1. The van der Waals surface area contributed by atoms with Gasteiger partial charge in [-0.2, -0.15) is 0 Å². The molecule has 2 saturated heterocycles. The van der Waals surface area contributed by atoms with Crippen molar-refractivity contribution in [3.05, 3.63) is 33.9 Å². The maximum absolute atomic E-state index is 13.3. The third-order valence-electron chi connectivity index (χ3n) is 5.95. The van der Waals surface area contributed by atoms with Crippen LogP contribution in [-0.2, 0) is 9.53 Å². The molecule has 8 heteroatoms. The number of hydrogen-bond acceptors (Lipinski definition) is 6. The number of anilines is 1. The van der Waals surface area contributed by atoms with E-state index in [-0.39, 0.29) is 23.5 Å². The third-order valence-corrected chi connectivity index (χ3v) is 5.95. The van der Waals surface area contributed by atoms with Crippen molar-refractivity contribution in [2.75, 3.05) is 37.7 Å². The van der Waals surface area contributed by atoms with Crippen molar-refractivity contribution in [3.63, 3.8) is 0 Å². The summed E-state index contributed by atoms with van der Waals surface area (Å²) in [6.45, 7) is 6.91. The van der Waals surface area contributed by atoms with Crippen molar-refractivity contribution < 1.29 is 19.2 Å². The summed E-state index contributed by atoms with van der Waals surface area (Å²) < 4.78 is 5.09. The molecule has 0 N–H and O–H groups in total. The molecule has 0 atom stereocenters. The van der Waals surface area contributed by atoms with E-state index in [9.17, 15) is 19.7 Å². The van der Waals surface area contributed by atoms with Gasteiger partial charge in [-0.15, -0.1) is 0 Å². The second-order valence-electron chi connectivity index (χ2n) is 7.95. The van der Waals surface area contributed by atoms with Gasteiger partial charge in [0, 0.05) is 38.3 Å². The summed E-state index contributed by atoms with van der Waals surface area (Å²) in [5.74, 6) is 0.0419. The molecule has 0 aliphatic carbocycles. The van der Waals surface area contributed by atoms with Gasteiger partial charge in [0.2, 0.25) is 0 Å². The maximum atomic E-state index is 13.3. The summed E-state index contributed by atoms with van der Waals surface area (Å²) in [6.07, 6.45) is 3.18. The number of amides is 1. The Morgan fingerprint density at radius 2 is 1.79 bits per heavy atom. The highest BCUT2D eigenvalue weighted by Crippen LogP contribution is 2.31. The Hall–Kier alpha value is -2.64. The number of rotatable bonds is 5. The number of carbonyl (C=O) groups is 2. The Kier molecular flexibility index (Phi) is 6.71. The first kappa shape index (κ1) is 21.1. The van der Waals surface area contributed by atoms with Gasteiger partial charge in [-0.05, 0) is 44.6 Å². The van der Waals surface area contributed by atoms with E-state index >= 15 is 0 Å². The second kappa shape index (κ2) is 9.24. The largest absolute Gasteiger partial charge is 0.466 e. The molecule has 1 aromatic rings. The first-order valence-corrected chi connectivity index (χ1v) is 10.4. The zero-order valence-corrected chi connectivity index (χ0v) is 17.1. The Labute approximate surface area is 171 Å². The SMILES string of the molecule is CCOC(=O)C1CCN(C(=O)c2cc([N+](=O)[O-])ccc2N2CCC(C)CC2)CC1. The molecule has 1 amide bonds. The molecule has 0 aromatic heterocycles. The van der Waals surface area contributed by atoms with Crippen LogP contribution in [0.1, 0.15) is 49.9 Å². The van der Waals surface area contributed by atoms with E-state index in [1.807, 2.05) is 0 Å². The van der Waals surface area contributed by atoms with Gasteiger partial charge >= 0.3 is 5.97 Å². The average molecular weight is 403 g/mol. The van der Waals surface area contributed by atoms with Gasteiger partial charge in [0.25, 0.3) is 11.6 Å². The van der Waals surface area contributed by atoms with Crippen molar-refractivity contribution in [2.24, 2.45) is 11.8 Å². The third kappa shape index (κ3) is 4.86. The molecule has 0 spiro atoms. The molecule has 1 aromatic carbocycles. The Morgan fingerprint density at radius 1 is 1.14 bits per heavy atom. The number of piperidine rings is 2. The highest BCUT2D eigenvalue weighted by Gasteiger charge is 2.31. The minimum atomic E-state index is -0.466. The lowest BCUT2D eigenvalue weighted by molar-refractivity contribution is -0.384. The molecule has 0 bridgehead atoms. The summed E-state index contributed by atoms with van der Waals surface area (Å²) in [6, 6.07) is 4.57. The van der Waals surface area contributed by atoms with Gasteiger partial charge in [-0.3, -0.25) is 19.7 Å². The molecule has 8 nitrogen and oxygen atoms in total. The summed E-state index contributed by atoms with van der Waals surface area (Å²) >= 11 is 0. The lowest BCUT2D eigenvalue weighted by atomic mass is 9.95. The molecule has 3 rings (SSSR count). The van der Waals surface area contributed by atoms with E-state index in [0.717, 1.165) is 31.6 Å². The lowest BCUT2D eigenvalue weighted by Gasteiger charge is -2.35. The number of hydrogen-bond donors (Lipinski definition) is 0. The molecule has 2 heterocycles. The number of carbonyl (C=O) groups excluding carboxylic acids is 2. The van der Waals surface area contributed by atoms with Crippen molar-refractivity contribution in [3.8, 4) is 0 Å². The standard InChI is InChI=1S/C21H29N3O5/c1-3-29-21(26)16-8-12-23(13-9-16)20(25)18-14-17(24(27)28)4-5-19(18)22-10-6-15(2)7-11-22/h4-5,14-16H,3,6-13H2,1-2H3. The number of benzene rings is 1. The van der Waals surface area contributed by atoms with Crippen LogP contribution in [0, 0.1) is 22.0 Å². The van der Waals surface area contributed by atoms with Crippen LogP contribution in [0.3, 0.4) is 0 Å². The lowest BCUT2D eigenvalue weighted by Crippen LogP contribution is -2.41. The summed E-state index contributed by atoms with van der Waals surface area (Å²) in [5, 5.41) is 11.3. The van der Waals surface area contributed by atoms with Crippen LogP contribution in [0.25, 0.3) is 0 Å². The molecular formula is C21H29N3O5. The fourth-order valence-electron chi connectivity index (χ4n) is 4.08. The fourth-order valence-corrected chi connectivity index (χ4v) is 4.08. The summed E-state index contributed by atoms with van der Waals surface area (Å²) in [4.78, 5) is 39.9. The van der Waals surface area contributed by atoms with E-state index < -0.39 is 4.92 Å². The fraction of sp³-hybridized carbons (Fsp3) is 0.619. The van der Waals surface area contributed by atoms with E-state index in [1.165, 1.54) is 12.1 Å². The molecular weight excluding hydrogens is 374 g/mol. The van der Waals surface area contributed by atoms with E-state index in [4.69, 9.17) is 4.74 Å². The van der Waals surface area contributed by atoms with E-state index in [2.05, 4.69) is 11.8 Å². The van der Waals surface area contributed by atoms with E-state index in [0.29, 0.717) is 44.0 Å². The van der Waals surface area contributed by atoms with Gasteiger partial charge in [-0.25, -0.2) is 0 Å². The van der Waals surface area contributed by atoms with Gasteiger partial charge < -0.3 is 14.5 Å². The van der Waals surface area contributed by atoms with Crippen LogP contribution in [0.2, 0.25) is 0 Å². The maximum Gasteiger partial charge on any atom is 0.309 e. The van der Waals surface area contributed by atoms with Crippen molar-refractivity contribution in [1.29, 1.82) is 0 Å². The number of likely N-dealkylation sites (tertiary alicyclic amines) is 1.